The molecule has 0 aromatic rings. The molecule has 0 radical (unpaired) electrons. The summed E-state index contributed by atoms with van der Waals surface area (Å²) in [6.45, 7) is 10.0. The Hall–Kier alpha value is -0.870. The minimum absolute atomic E-state index is 0. The zero-order chi connectivity index (χ0) is 19.2. The standard InChI is InChI=1S/C23H36N2O2.ClH/c1-4-15-13-17-18-5-6-21(26)23(18,3)10-8-19(17)22(2)9-7-16(14-20(15)22)25-27-12-11-24;/h4,15,17-20H,1,5-14,24H2,2-3H3;1H/b25-16+;/t15-,17-,18-,19-,20+,22+,23-;/m0./s1. The van der Waals surface area contributed by atoms with Crippen LogP contribution >= 0.6 is 12.4 Å². The Morgan fingerprint density at radius 3 is 2.71 bits per heavy atom. The van der Waals surface area contributed by atoms with Crippen LogP contribution in [0.15, 0.2) is 17.8 Å². The van der Waals surface area contributed by atoms with Crippen LogP contribution in [-0.4, -0.2) is 24.6 Å². The van der Waals surface area contributed by atoms with Crippen molar-refractivity contribution in [3.63, 3.8) is 0 Å². The summed E-state index contributed by atoms with van der Waals surface area (Å²) < 4.78 is 0. The zero-order valence-corrected chi connectivity index (χ0v) is 18.3. The Morgan fingerprint density at radius 2 is 2.00 bits per heavy atom. The van der Waals surface area contributed by atoms with Crippen LogP contribution in [0.2, 0.25) is 0 Å². The summed E-state index contributed by atoms with van der Waals surface area (Å²) in [6.07, 6.45) is 10.9. The monoisotopic (exact) mass is 408 g/mol. The van der Waals surface area contributed by atoms with Crippen molar-refractivity contribution in [2.24, 2.45) is 51.3 Å². The van der Waals surface area contributed by atoms with E-state index in [1.807, 2.05) is 0 Å². The fraction of sp³-hybridized carbons (Fsp3) is 0.826. The smallest absolute Gasteiger partial charge is 0.139 e. The topological polar surface area (TPSA) is 64.7 Å². The van der Waals surface area contributed by atoms with Crippen LogP contribution in [0.4, 0.5) is 0 Å². The van der Waals surface area contributed by atoms with Crippen LogP contribution in [0.1, 0.15) is 65.2 Å². The van der Waals surface area contributed by atoms with Gasteiger partial charge in [-0.25, -0.2) is 0 Å². The number of fused-ring (bicyclic) bond motifs is 5. The van der Waals surface area contributed by atoms with Crippen LogP contribution in [0.3, 0.4) is 0 Å². The maximum atomic E-state index is 12.6. The lowest BCUT2D eigenvalue weighted by Crippen LogP contribution is -2.56. The highest BCUT2D eigenvalue weighted by Gasteiger charge is 2.61. The molecule has 4 aliphatic carbocycles. The van der Waals surface area contributed by atoms with Gasteiger partial charge in [-0.3, -0.25) is 4.79 Å². The number of ketones is 1. The number of allylic oxidation sites excluding steroid dienone is 1. The maximum absolute atomic E-state index is 12.6. The van der Waals surface area contributed by atoms with E-state index in [0.29, 0.717) is 48.0 Å². The Kier molecular flexibility index (Phi) is 6.32. The predicted molar refractivity (Wildman–Crippen MR) is 115 cm³/mol. The third-order valence-electron chi connectivity index (χ3n) is 9.01. The summed E-state index contributed by atoms with van der Waals surface area (Å²) in [5, 5.41) is 4.40. The number of hydrogen-bond donors (Lipinski definition) is 1. The molecule has 4 saturated carbocycles. The van der Waals surface area contributed by atoms with Gasteiger partial charge in [-0.05, 0) is 80.0 Å². The number of nitrogens with two attached hydrogens (primary N) is 1. The van der Waals surface area contributed by atoms with Crippen molar-refractivity contribution in [3.8, 4) is 0 Å². The molecule has 0 aromatic heterocycles. The van der Waals surface area contributed by atoms with E-state index >= 15 is 0 Å². The molecule has 158 valence electrons. The maximum Gasteiger partial charge on any atom is 0.139 e. The lowest BCUT2D eigenvalue weighted by atomic mass is 9.43. The highest BCUT2D eigenvalue weighted by Crippen LogP contribution is 2.66. The van der Waals surface area contributed by atoms with Crippen molar-refractivity contribution < 1.29 is 9.63 Å². The van der Waals surface area contributed by atoms with Crippen LogP contribution in [0.25, 0.3) is 0 Å². The summed E-state index contributed by atoms with van der Waals surface area (Å²) in [6, 6.07) is 0. The summed E-state index contributed by atoms with van der Waals surface area (Å²) in [4.78, 5) is 18.0. The molecule has 7 atom stereocenters. The quantitative estimate of drug-likeness (QED) is 0.414. The molecule has 0 bridgehead atoms. The van der Waals surface area contributed by atoms with E-state index in [9.17, 15) is 4.79 Å². The molecule has 0 unspecified atom stereocenters. The van der Waals surface area contributed by atoms with Gasteiger partial charge in [-0.1, -0.05) is 25.1 Å². The average Bonchev–Trinajstić information content (AvgIpc) is 2.96. The number of rotatable bonds is 4. The molecule has 4 rings (SSSR count). The molecule has 0 aliphatic heterocycles. The van der Waals surface area contributed by atoms with Crippen LogP contribution in [0, 0.1) is 40.4 Å². The normalized spacial score (nSPS) is 46.2. The number of Topliss-reactive ketones (excluding diaryl/α,β-unsaturated/α-hetero) is 1. The van der Waals surface area contributed by atoms with Crippen molar-refractivity contribution >= 4 is 23.9 Å². The van der Waals surface area contributed by atoms with Gasteiger partial charge in [-0.2, -0.15) is 0 Å². The van der Waals surface area contributed by atoms with Gasteiger partial charge in [0, 0.05) is 18.4 Å². The molecule has 0 spiro atoms. The van der Waals surface area contributed by atoms with Gasteiger partial charge in [0.2, 0.25) is 0 Å². The molecule has 0 heterocycles. The van der Waals surface area contributed by atoms with E-state index in [4.69, 9.17) is 10.6 Å². The first-order valence-electron chi connectivity index (χ1n) is 11.0. The Labute approximate surface area is 176 Å². The van der Waals surface area contributed by atoms with E-state index < -0.39 is 0 Å². The number of carbonyl (C=O) groups is 1. The number of halogens is 1. The lowest BCUT2D eigenvalue weighted by molar-refractivity contribution is -0.140. The van der Waals surface area contributed by atoms with Crippen molar-refractivity contribution in [1.82, 2.24) is 0 Å². The molecule has 0 saturated heterocycles. The van der Waals surface area contributed by atoms with Crippen LogP contribution in [0.5, 0.6) is 0 Å². The molecule has 5 heteroatoms. The molecule has 28 heavy (non-hydrogen) atoms. The molecule has 4 fully saturated rings. The van der Waals surface area contributed by atoms with Crippen molar-refractivity contribution in [2.75, 3.05) is 13.2 Å². The first-order valence-corrected chi connectivity index (χ1v) is 11.0. The third kappa shape index (κ3) is 3.25. The highest BCUT2D eigenvalue weighted by atomic mass is 35.5. The second-order valence-corrected chi connectivity index (χ2v) is 10.0. The zero-order valence-electron chi connectivity index (χ0n) is 17.5. The van der Waals surface area contributed by atoms with Gasteiger partial charge < -0.3 is 10.6 Å². The summed E-state index contributed by atoms with van der Waals surface area (Å²) in [5.74, 6) is 3.68. The van der Waals surface area contributed by atoms with Crippen molar-refractivity contribution in [1.29, 1.82) is 0 Å². The lowest BCUT2D eigenvalue weighted by Gasteiger charge is -2.61. The summed E-state index contributed by atoms with van der Waals surface area (Å²) >= 11 is 0. The predicted octanol–water partition coefficient (Wildman–Crippen LogP) is 4.76. The van der Waals surface area contributed by atoms with Gasteiger partial charge in [0.15, 0.2) is 0 Å². The molecular weight excluding hydrogens is 372 g/mol. The molecule has 0 amide bonds. The van der Waals surface area contributed by atoms with E-state index in [1.165, 1.54) is 25.0 Å². The summed E-state index contributed by atoms with van der Waals surface area (Å²) in [5.41, 5.74) is 7.01. The number of carbonyl (C=O) groups excluding carboxylic acids is 1. The summed E-state index contributed by atoms with van der Waals surface area (Å²) in [7, 11) is 0. The van der Waals surface area contributed by atoms with E-state index in [2.05, 4.69) is 31.7 Å². The van der Waals surface area contributed by atoms with Gasteiger partial charge in [0.25, 0.3) is 0 Å². The molecule has 2 N–H and O–H groups in total. The first kappa shape index (κ1) is 21.8. The Bertz CT molecular complexity index is 651. The fourth-order valence-corrected chi connectivity index (χ4v) is 7.51. The molecule has 4 nitrogen and oxygen atoms in total. The largest absolute Gasteiger partial charge is 0.395 e. The first-order chi connectivity index (χ1) is 12.9. The van der Waals surface area contributed by atoms with Crippen molar-refractivity contribution in [3.05, 3.63) is 12.7 Å². The van der Waals surface area contributed by atoms with Gasteiger partial charge in [0.1, 0.15) is 12.4 Å². The van der Waals surface area contributed by atoms with Crippen LogP contribution < -0.4 is 5.73 Å². The number of nitrogens with zero attached hydrogens (tertiary/aromatic N) is 1. The van der Waals surface area contributed by atoms with Gasteiger partial charge in [-0.15, -0.1) is 19.0 Å². The second kappa shape index (κ2) is 8.10. The third-order valence-corrected chi connectivity index (χ3v) is 9.01. The Morgan fingerprint density at radius 1 is 1.21 bits per heavy atom. The van der Waals surface area contributed by atoms with Crippen LogP contribution in [-0.2, 0) is 9.63 Å². The Balaban J connectivity index is 0.00000225. The van der Waals surface area contributed by atoms with Gasteiger partial charge >= 0.3 is 0 Å². The minimum Gasteiger partial charge on any atom is -0.395 e. The molecule has 0 aromatic carbocycles. The SMILES string of the molecule is C=C[C@H]1C[C@@H]2[C@H](CC[C@]3(C)C(=O)CC[C@@H]23)[C@@]2(C)CC/C(=N\OCCN)C[C@H]12.Cl. The fourth-order valence-electron chi connectivity index (χ4n) is 7.51. The average molecular weight is 409 g/mol. The number of oxime groups is 1. The molecular formula is C23H37ClN2O2. The van der Waals surface area contributed by atoms with Gasteiger partial charge in [0.05, 0.1) is 5.71 Å². The highest BCUT2D eigenvalue weighted by molar-refractivity contribution is 5.87. The van der Waals surface area contributed by atoms with E-state index in [1.54, 1.807) is 0 Å². The van der Waals surface area contributed by atoms with Crippen molar-refractivity contribution in [2.45, 2.75) is 65.2 Å². The molecule has 4 aliphatic rings. The van der Waals surface area contributed by atoms with E-state index in [0.717, 1.165) is 38.0 Å². The van der Waals surface area contributed by atoms with E-state index in [-0.39, 0.29) is 17.8 Å². The number of hydrogen-bond acceptors (Lipinski definition) is 4. The minimum atomic E-state index is -0.0482. The second-order valence-electron chi connectivity index (χ2n) is 10.0.